The maximum Gasteiger partial charge on any atom is 0.203 e. The lowest BCUT2D eigenvalue weighted by atomic mass is 9.43. The number of Topliss-reactive ketones (excluding diaryl/α,β-unsaturated/α-hetero) is 3. The number of aliphatic hydroxyl groups is 3. The molecular weight excluding hydrogens is 508 g/mol. The number of phenolic OH excluding ortho intramolecular Hbond substituents is 1. The number of ketones is 3. The van der Waals surface area contributed by atoms with Crippen LogP contribution in [0, 0.1) is 22.7 Å². The van der Waals surface area contributed by atoms with E-state index in [0.717, 1.165) is 18.1 Å². The van der Waals surface area contributed by atoms with Gasteiger partial charge in [0.25, 0.3) is 0 Å². The highest BCUT2D eigenvalue weighted by atomic mass is 16.3. The van der Waals surface area contributed by atoms with E-state index in [9.17, 15) is 34.8 Å². The average molecular weight is 545 g/mol. The molecule has 0 bridgehead atoms. The zero-order valence-corrected chi connectivity index (χ0v) is 23.8. The molecule has 4 atom stereocenters. The number of hydrogen-bond donors (Lipinski definition) is 4. The van der Waals surface area contributed by atoms with Crippen molar-refractivity contribution < 1.29 is 34.8 Å². The van der Waals surface area contributed by atoms with Crippen molar-refractivity contribution in [3.05, 3.63) is 70.0 Å². The molecule has 7 nitrogen and oxygen atoms in total. The molecule has 7 heteroatoms. The molecule has 2 aromatic carbocycles. The van der Waals surface area contributed by atoms with Crippen molar-refractivity contribution in [2.45, 2.75) is 66.4 Å². The van der Waals surface area contributed by atoms with Gasteiger partial charge in [0.2, 0.25) is 5.78 Å². The van der Waals surface area contributed by atoms with Crippen LogP contribution >= 0.6 is 0 Å². The molecule has 0 aromatic heterocycles. The Balaban J connectivity index is 1.86. The minimum Gasteiger partial charge on any atom is -0.508 e. The Labute approximate surface area is 233 Å². The molecule has 5 rings (SSSR count). The molecule has 1 saturated carbocycles. The molecule has 1 fully saturated rings. The first-order valence-electron chi connectivity index (χ1n) is 13.8. The van der Waals surface area contributed by atoms with Crippen molar-refractivity contribution >= 4 is 23.1 Å². The van der Waals surface area contributed by atoms with Gasteiger partial charge in [0, 0.05) is 22.3 Å². The van der Waals surface area contributed by atoms with E-state index in [-0.39, 0.29) is 35.6 Å². The first-order valence-corrected chi connectivity index (χ1v) is 13.8. The number of aryl methyl sites for hydroxylation is 1. The average Bonchev–Trinajstić information content (AvgIpc) is 2.86. The van der Waals surface area contributed by atoms with Crippen molar-refractivity contribution in [3.63, 3.8) is 0 Å². The van der Waals surface area contributed by atoms with Gasteiger partial charge in [0.05, 0.1) is 5.56 Å². The maximum absolute atomic E-state index is 14.5. The van der Waals surface area contributed by atoms with Crippen LogP contribution in [0.2, 0.25) is 0 Å². The van der Waals surface area contributed by atoms with Crippen LogP contribution in [-0.4, -0.2) is 43.4 Å². The van der Waals surface area contributed by atoms with Crippen LogP contribution in [0.15, 0.2) is 53.3 Å². The summed E-state index contributed by atoms with van der Waals surface area (Å²) in [4.78, 5) is 40.6. The molecular formula is C33H36O7. The van der Waals surface area contributed by atoms with E-state index in [1.165, 1.54) is 0 Å². The van der Waals surface area contributed by atoms with Crippen molar-refractivity contribution in [3.8, 4) is 16.9 Å². The van der Waals surface area contributed by atoms with E-state index in [4.69, 9.17) is 0 Å². The van der Waals surface area contributed by atoms with Crippen LogP contribution in [-0.2, 0) is 27.2 Å². The highest BCUT2D eigenvalue weighted by Gasteiger charge is 2.72. The lowest BCUT2D eigenvalue weighted by Gasteiger charge is -2.59. The first kappa shape index (κ1) is 27.8. The SMILES string of the molecule is CCc1cc(-c2ccccc2)c2c(c1O)C(O)=C1C(=O)[C@@]3(O)C(O)=C(C(C)=O)C(=O)C(C(C)C)[C@@]3(C)C[C@@]1(C)C2. The molecule has 210 valence electrons. The van der Waals surface area contributed by atoms with E-state index in [0.29, 0.717) is 17.5 Å². The van der Waals surface area contributed by atoms with Gasteiger partial charge in [0.1, 0.15) is 22.8 Å². The number of carbonyl (C=O) groups excluding carboxylic acids is 3. The Morgan fingerprint density at radius 3 is 2.25 bits per heavy atom. The highest BCUT2D eigenvalue weighted by Crippen LogP contribution is 2.65. The van der Waals surface area contributed by atoms with Gasteiger partial charge < -0.3 is 20.4 Å². The topological polar surface area (TPSA) is 132 Å². The van der Waals surface area contributed by atoms with Crippen molar-refractivity contribution in [2.24, 2.45) is 22.7 Å². The van der Waals surface area contributed by atoms with Gasteiger partial charge >= 0.3 is 0 Å². The molecule has 0 heterocycles. The zero-order chi connectivity index (χ0) is 29.5. The summed E-state index contributed by atoms with van der Waals surface area (Å²) in [5.41, 5.74) is -2.75. The van der Waals surface area contributed by atoms with Crippen molar-refractivity contribution in [1.29, 1.82) is 0 Å². The van der Waals surface area contributed by atoms with E-state index in [1.54, 1.807) is 20.8 Å². The predicted molar refractivity (Wildman–Crippen MR) is 151 cm³/mol. The highest BCUT2D eigenvalue weighted by molar-refractivity contribution is 6.24. The minimum atomic E-state index is -2.61. The molecule has 2 aromatic rings. The third-order valence-corrected chi connectivity index (χ3v) is 9.55. The summed E-state index contributed by atoms with van der Waals surface area (Å²) in [5.74, 6) is -5.15. The second-order valence-electron chi connectivity index (χ2n) is 12.5. The molecule has 40 heavy (non-hydrogen) atoms. The Hall–Kier alpha value is -3.71. The number of hydrogen-bond acceptors (Lipinski definition) is 7. The van der Waals surface area contributed by atoms with Crippen molar-refractivity contribution in [1.82, 2.24) is 0 Å². The normalized spacial score (nSPS) is 29.9. The number of fused-ring (bicyclic) bond motifs is 3. The molecule has 0 saturated heterocycles. The fourth-order valence-electron chi connectivity index (χ4n) is 7.99. The molecule has 0 spiro atoms. The lowest BCUT2D eigenvalue weighted by Crippen LogP contribution is -2.69. The monoisotopic (exact) mass is 544 g/mol. The standard InChI is InChI=1S/C33H36O7/c1-7-18-13-20(19-11-9-8-10-12-19)21-14-31(5)15-32(6)24(16(2)3)27(36)22(17(4)34)29(38)33(32,40)30(39)25(31)28(37)23(21)26(18)35/h8-13,16,24,35,37-38,40H,7,14-15H2,1-6H3/t24?,31-,32-,33+/m1/s1. The molecule has 1 unspecified atom stereocenters. The molecule has 4 N–H and O–H groups in total. The van der Waals surface area contributed by atoms with Crippen LogP contribution < -0.4 is 0 Å². The molecule has 0 aliphatic heterocycles. The Morgan fingerprint density at radius 2 is 1.70 bits per heavy atom. The molecule has 3 aliphatic carbocycles. The quantitative estimate of drug-likeness (QED) is 0.378. The fraction of sp³-hybridized carbons (Fsp3) is 0.424. The number of carbonyl (C=O) groups is 3. The smallest absolute Gasteiger partial charge is 0.203 e. The number of benzene rings is 2. The summed E-state index contributed by atoms with van der Waals surface area (Å²) in [6, 6.07) is 11.5. The van der Waals surface area contributed by atoms with Crippen LogP contribution in [0.1, 0.15) is 64.7 Å². The maximum atomic E-state index is 14.5. The van der Waals surface area contributed by atoms with E-state index in [2.05, 4.69) is 0 Å². The van der Waals surface area contributed by atoms with Gasteiger partial charge in [-0.2, -0.15) is 0 Å². The summed E-state index contributed by atoms with van der Waals surface area (Å²) in [7, 11) is 0. The second kappa shape index (κ2) is 8.90. The zero-order valence-electron chi connectivity index (χ0n) is 23.8. The number of aromatic hydroxyl groups is 1. The number of phenols is 1. The Morgan fingerprint density at radius 1 is 1.07 bits per heavy atom. The van der Waals surface area contributed by atoms with Gasteiger partial charge in [-0.05, 0) is 60.4 Å². The number of aliphatic hydroxyl groups excluding tert-OH is 2. The third-order valence-electron chi connectivity index (χ3n) is 9.55. The van der Waals surface area contributed by atoms with Gasteiger partial charge in [0.15, 0.2) is 17.2 Å². The van der Waals surface area contributed by atoms with E-state index in [1.807, 2.05) is 50.2 Å². The summed E-state index contributed by atoms with van der Waals surface area (Å²) in [6.45, 7) is 10.0. The fourth-order valence-corrected chi connectivity index (χ4v) is 7.99. The van der Waals surface area contributed by atoms with Crippen LogP contribution in [0.4, 0.5) is 0 Å². The van der Waals surface area contributed by atoms with E-state index < -0.39 is 56.8 Å². The molecule has 3 aliphatic rings. The third kappa shape index (κ3) is 3.36. The lowest BCUT2D eigenvalue weighted by molar-refractivity contribution is -0.178. The van der Waals surface area contributed by atoms with Crippen LogP contribution in [0.5, 0.6) is 5.75 Å². The largest absolute Gasteiger partial charge is 0.508 e. The summed E-state index contributed by atoms with van der Waals surface area (Å²) in [5, 5.41) is 46.6. The van der Waals surface area contributed by atoms with Crippen LogP contribution in [0.25, 0.3) is 16.9 Å². The van der Waals surface area contributed by atoms with Gasteiger partial charge in [-0.15, -0.1) is 0 Å². The summed E-state index contributed by atoms with van der Waals surface area (Å²) >= 11 is 0. The van der Waals surface area contributed by atoms with Gasteiger partial charge in [-0.3, -0.25) is 14.4 Å². The Kier molecular flexibility index (Phi) is 6.19. The van der Waals surface area contributed by atoms with Gasteiger partial charge in [-0.1, -0.05) is 65.0 Å². The number of allylic oxidation sites excluding steroid dienone is 1. The van der Waals surface area contributed by atoms with Gasteiger partial charge in [-0.25, -0.2) is 0 Å². The Bertz CT molecular complexity index is 1550. The predicted octanol–water partition coefficient (Wildman–Crippen LogP) is 5.42. The van der Waals surface area contributed by atoms with Crippen molar-refractivity contribution in [2.75, 3.05) is 0 Å². The summed E-state index contributed by atoms with van der Waals surface area (Å²) < 4.78 is 0. The molecule has 0 amide bonds. The minimum absolute atomic E-state index is 0.0649. The van der Waals surface area contributed by atoms with E-state index >= 15 is 0 Å². The second-order valence-corrected chi connectivity index (χ2v) is 12.5. The summed E-state index contributed by atoms with van der Waals surface area (Å²) in [6.07, 6.45) is 0.776. The first-order chi connectivity index (χ1) is 18.7. The molecule has 0 radical (unpaired) electrons. The van der Waals surface area contributed by atoms with Crippen LogP contribution in [0.3, 0.4) is 0 Å². The number of rotatable bonds is 4.